The van der Waals surface area contributed by atoms with Crippen LogP contribution in [-0.4, -0.2) is 59.7 Å². The van der Waals surface area contributed by atoms with Crippen LogP contribution in [0.4, 0.5) is 0 Å². The Hall–Kier alpha value is 0.664. The summed E-state index contributed by atoms with van der Waals surface area (Å²) in [5.74, 6) is -0.126. The van der Waals surface area contributed by atoms with Crippen molar-refractivity contribution >= 4 is 47.8 Å². The van der Waals surface area contributed by atoms with Gasteiger partial charge < -0.3 is 17.7 Å². The second-order valence-electron chi connectivity index (χ2n) is 3.37. The van der Waals surface area contributed by atoms with E-state index in [9.17, 15) is 0 Å². The summed E-state index contributed by atoms with van der Waals surface area (Å²) in [5, 5.41) is 0. The van der Waals surface area contributed by atoms with Gasteiger partial charge in [0.2, 0.25) is 0 Å². The first-order valence-electron chi connectivity index (χ1n) is 6.33. The van der Waals surface area contributed by atoms with Crippen LogP contribution in [-0.2, 0) is 17.7 Å². The molecule has 9 heteroatoms. The van der Waals surface area contributed by atoms with Crippen molar-refractivity contribution in [1.29, 1.82) is 0 Å². The van der Waals surface area contributed by atoms with Gasteiger partial charge in [-0.2, -0.15) is 0 Å². The molecule has 17 heavy (non-hydrogen) atoms. The summed E-state index contributed by atoms with van der Waals surface area (Å²) in [4.78, 5) is 0. The molecular formula is C8H26O4Si5. The zero-order valence-corrected chi connectivity index (χ0v) is 18.3. The lowest BCUT2D eigenvalue weighted by Crippen LogP contribution is -2.48. The molecule has 0 aliphatic rings. The molecule has 0 aromatic carbocycles. The van der Waals surface area contributed by atoms with Crippen LogP contribution in [0.1, 0.15) is 0 Å². The Morgan fingerprint density at radius 3 is 1.29 bits per heavy atom. The summed E-state index contributed by atoms with van der Waals surface area (Å²) in [6.45, 7) is 12.4. The number of hydrogen-bond donors (Lipinski definition) is 0. The molecule has 0 bridgehead atoms. The van der Waals surface area contributed by atoms with Gasteiger partial charge >= 0.3 is 0 Å². The largest absolute Gasteiger partial charge is 0.403 e. The van der Waals surface area contributed by atoms with E-state index in [2.05, 4.69) is 32.8 Å². The molecule has 0 aliphatic heterocycles. The molecule has 0 rings (SSSR count). The van der Waals surface area contributed by atoms with Crippen molar-refractivity contribution in [1.82, 2.24) is 0 Å². The maximum absolute atomic E-state index is 5.82. The summed E-state index contributed by atoms with van der Waals surface area (Å²) in [7, 11) is -3.38. The van der Waals surface area contributed by atoms with Crippen molar-refractivity contribution in [2.24, 2.45) is 0 Å². The lowest BCUT2D eigenvalue weighted by molar-refractivity contribution is 0.0387. The van der Waals surface area contributed by atoms with E-state index in [-0.39, 0.29) is 11.8 Å². The van der Waals surface area contributed by atoms with Gasteiger partial charge in [0.15, 0.2) is 47.8 Å². The Balaban J connectivity index is 4.61. The Morgan fingerprint density at radius 2 is 1.12 bits per heavy atom. The lowest BCUT2D eigenvalue weighted by Gasteiger charge is -2.30. The van der Waals surface area contributed by atoms with Gasteiger partial charge in [0, 0.05) is 0 Å². The van der Waals surface area contributed by atoms with Crippen LogP contribution in [0.15, 0.2) is 12.3 Å². The van der Waals surface area contributed by atoms with Crippen molar-refractivity contribution in [3.63, 3.8) is 0 Å². The van der Waals surface area contributed by atoms with E-state index in [0.717, 1.165) is 0 Å². The molecule has 0 saturated heterocycles. The van der Waals surface area contributed by atoms with E-state index < -0.39 is 47.8 Å². The minimum atomic E-state index is -1.50. The quantitative estimate of drug-likeness (QED) is 0.334. The van der Waals surface area contributed by atoms with E-state index in [4.69, 9.17) is 17.7 Å². The first-order valence-corrected chi connectivity index (χ1v) is 16.3. The average molecular weight is 327 g/mol. The van der Waals surface area contributed by atoms with E-state index in [1.165, 1.54) is 0 Å². The van der Waals surface area contributed by atoms with Crippen LogP contribution < -0.4 is 0 Å². The van der Waals surface area contributed by atoms with Crippen LogP contribution in [0, 0.1) is 0 Å². The number of hydrogen-bond acceptors (Lipinski definition) is 4. The summed E-state index contributed by atoms with van der Waals surface area (Å²) < 4.78 is 23.3. The van der Waals surface area contributed by atoms with Crippen molar-refractivity contribution < 1.29 is 17.7 Å². The monoisotopic (exact) mass is 326 g/mol. The summed E-state index contributed by atoms with van der Waals surface area (Å²) >= 11 is 0. The molecule has 4 nitrogen and oxygen atoms in total. The molecule has 0 amide bonds. The van der Waals surface area contributed by atoms with Gasteiger partial charge in [-0.15, -0.1) is 6.58 Å². The first-order chi connectivity index (χ1) is 8.24. The minimum absolute atomic E-state index is 0.0630. The van der Waals surface area contributed by atoms with Crippen LogP contribution in [0.3, 0.4) is 0 Å². The zero-order chi connectivity index (χ0) is 13.1. The van der Waals surface area contributed by atoms with Gasteiger partial charge in [-0.05, 0) is 0 Å². The molecule has 0 unspecified atom stereocenters. The van der Waals surface area contributed by atoms with Gasteiger partial charge in [0.25, 0.3) is 0 Å². The van der Waals surface area contributed by atoms with Gasteiger partial charge in [-0.1, -0.05) is 31.9 Å². The SMILES string of the molecule is C=C[SiH](C(O[SiH2]C)O[SiH2]C)C(O[SiH2]C)O[SiH2]C. The van der Waals surface area contributed by atoms with Crippen molar-refractivity contribution in [2.75, 3.05) is 0 Å². The van der Waals surface area contributed by atoms with Gasteiger partial charge in [-0.3, -0.25) is 0 Å². The normalized spacial score (nSPS) is 19.3. The molecule has 0 N–H and O–H groups in total. The predicted molar refractivity (Wildman–Crippen MR) is 86.9 cm³/mol. The highest BCUT2D eigenvalue weighted by Crippen LogP contribution is 2.10. The van der Waals surface area contributed by atoms with Crippen LogP contribution >= 0.6 is 0 Å². The van der Waals surface area contributed by atoms with E-state index in [0.29, 0.717) is 0 Å². The highest BCUT2D eigenvalue weighted by atomic mass is 28.3. The maximum atomic E-state index is 5.82. The molecule has 0 atom stereocenters. The average Bonchev–Trinajstić information content (AvgIpc) is 2.31. The first kappa shape index (κ1) is 17.7. The molecule has 0 spiro atoms. The van der Waals surface area contributed by atoms with Crippen molar-refractivity contribution in [3.8, 4) is 0 Å². The maximum Gasteiger partial charge on any atom is 0.188 e. The topological polar surface area (TPSA) is 36.9 Å². The highest BCUT2D eigenvalue weighted by Gasteiger charge is 2.30. The van der Waals surface area contributed by atoms with Crippen molar-refractivity contribution in [2.45, 2.75) is 38.0 Å². The molecule has 0 aliphatic carbocycles. The Bertz CT molecular complexity index is 169. The third-order valence-electron chi connectivity index (χ3n) is 2.22. The summed E-state index contributed by atoms with van der Waals surface area (Å²) in [6.07, 6.45) is 0. The fourth-order valence-corrected chi connectivity index (χ4v) is 10.2. The zero-order valence-electron chi connectivity index (χ0n) is 11.5. The van der Waals surface area contributed by atoms with Crippen LogP contribution in [0.5, 0.6) is 0 Å². The summed E-state index contributed by atoms with van der Waals surface area (Å²) in [5.41, 5.74) is 2.00. The molecule has 0 aromatic rings. The molecule has 102 valence electrons. The van der Waals surface area contributed by atoms with Gasteiger partial charge in [0.05, 0.1) is 0 Å². The molecule has 0 aromatic heterocycles. The second kappa shape index (κ2) is 11.7. The second-order valence-corrected chi connectivity index (χ2v) is 9.73. The summed E-state index contributed by atoms with van der Waals surface area (Å²) in [6, 6.07) is 0. The van der Waals surface area contributed by atoms with E-state index in [1.807, 2.05) is 5.70 Å². The van der Waals surface area contributed by atoms with Gasteiger partial charge in [0.1, 0.15) is 11.8 Å². The molecule has 0 fully saturated rings. The fourth-order valence-electron chi connectivity index (χ4n) is 1.55. The molecule has 0 radical (unpaired) electrons. The number of rotatable bonds is 11. The van der Waals surface area contributed by atoms with Crippen LogP contribution in [0.2, 0.25) is 26.2 Å². The molecular weight excluding hydrogens is 301 g/mol. The lowest BCUT2D eigenvalue weighted by atomic mass is 11.3. The standard InChI is InChI=1S/C8H26O4Si5/c1-6-17(7(9-13-2)10-14-3)8(11-15-4)12-16-5/h6-8,17H,1,13-16H2,2-5H3. The Labute approximate surface area is 116 Å². The van der Waals surface area contributed by atoms with Crippen molar-refractivity contribution in [3.05, 3.63) is 12.3 Å². The van der Waals surface area contributed by atoms with Crippen LogP contribution in [0.25, 0.3) is 0 Å². The van der Waals surface area contributed by atoms with Gasteiger partial charge in [-0.25, -0.2) is 0 Å². The minimum Gasteiger partial charge on any atom is -0.403 e. The fraction of sp³-hybridized carbons (Fsp3) is 0.750. The van der Waals surface area contributed by atoms with E-state index >= 15 is 0 Å². The Kier molecular flexibility index (Phi) is 12.2. The smallest absolute Gasteiger partial charge is 0.188 e. The third-order valence-corrected chi connectivity index (χ3v) is 8.98. The third kappa shape index (κ3) is 6.98. The highest BCUT2D eigenvalue weighted by molar-refractivity contribution is 6.67. The Morgan fingerprint density at radius 1 is 0.824 bits per heavy atom. The molecule has 0 saturated carbocycles. The molecule has 0 heterocycles. The predicted octanol–water partition coefficient (Wildman–Crippen LogP) is -1.74. The van der Waals surface area contributed by atoms with E-state index in [1.54, 1.807) is 0 Å².